The van der Waals surface area contributed by atoms with E-state index in [1.807, 2.05) is 18.2 Å². The first-order valence-corrected chi connectivity index (χ1v) is 10.8. The molecule has 31 heavy (non-hydrogen) atoms. The van der Waals surface area contributed by atoms with Crippen molar-refractivity contribution in [3.05, 3.63) is 101 Å². The smallest absolute Gasteiger partial charge is 0.159 e. The second kappa shape index (κ2) is 8.57. The van der Waals surface area contributed by atoms with E-state index in [9.17, 15) is 0 Å². The zero-order valence-corrected chi connectivity index (χ0v) is 17.4. The molecule has 0 aliphatic carbocycles. The number of anilines is 1. The Balaban J connectivity index is 1.37. The van der Waals surface area contributed by atoms with Crippen LogP contribution in [0, 0.1) is 11.3 Å². The molecule has 2 heterocycles. The maximum absolute atomic E-state index is 9.02. The summed E-state index contributed by atoms with van der Waals surface area (Å²) in [6.07, 6.45) is 2.94. The highest BCUT2D eigenvalue weighted by molar-refractivity contribution is 5.93. The van der Waals surface area contributed by atoms with Crippen LogP contribution in [0.15, 0.2) is 78.9 Å². The van der Waals surface area contributed by atoms with Crippen LogP contribution in [0.4, 0.5) is 5.82 Å². The van der Waals surface area contributed by atoms with E-state index in [-0.39, 0.29) is 0 Å². The zero-order chi connectivity index (χ0) is 21.0. The number of fused-ring (bicyclic) bond motifs is 1. The molecule has 0 radical (unpaired) electrons. The van der Waals surface area contributed by atoms with Gasteiger partial charge in [0.05, 0.1) is 17.3 Å². The van der Waals surface area contributed by atoms with Gasteiger partial charge in [-0.25, -0.2) is 0 Å². The third kappa shape index (κ3) is 4.00. The Bertz CT molecular complexity index is 1220. The minimum Gasteiger partial charge on any atom is -0.355 e. The van der Waals surface area contributed by atoms with Gasteiger partial charge in [0, 0.05) is 30.3 Å². The van der Waals surface area contributed by atoms with Crippen molar-refractivity contribution in [1.29, 1.82) is 5.26 Å². The maximum Gasteiger partial charge on any atom is 0.159 e. The summed E-state index contributed by atoms with van der Waals surface area (Å²) in [6.45, 7) is 1.92. The van der Waals surface area contributed by atoms with Crippen molar-refractivity contribution in [2.24, 2.45) is 0 Å². The van der Waals surface area contributed by atoms with Crippen LogP contribution < -0.4 is 4.90 Å². The number of rotatable bonds is 4. The summed E-state index contributed by atoms with van der Waals surface area (Å²) in [7, 11) is 0. The summed E-state index contributed by atoms with van der Waals surface area (Å²) in [4.78, 5) is 2.38. The fourth-order valence-electron chi connectivity index (χ4n) is 4.55. The summed E-state index contributed by atoms with van der Waals surface area (Å²) < 4.78 is 0. The van der Waals surface area contributed by atoms with Gasteiger partial charge in [0.2, 0.25) is 0 Å². The number of benzene rings is 3. The first-order chi connectivity index (χ1) is 15.3. The first-order valence-electron chi connectivity index (χ1n) is 10.8. The molecular formula is C27H24N4. The molecule has 0 bridgehead atoms. The predicted octanol–water partition coefficient (Wildman–Crippen LogP) is 5.48. The molecule has 1 aliphatic heterocycles. The van der Waals surface area contributed by atoms with Crippen molar-refractivity contribution in [1.82, 2.24) is 10.2 Å². The van der Waals surface area contributed by atoms with E-state index in [4.69, 9.17) is 5.26 Å². The molecule has 0 spiro atoms. The Kier molecular flexibility index (Phi) is 5.33. The van der Waals surface area contributed by atoms with Crippen LogP contribution >= 0.6 is 0 Å². The second-order valence-corrected chi connectivity index (χ2v) is 8.17. The molecule has 0 amide bonds. The van der Waals surface area contributed by atoms with Gasteiger partial charge in [0.1, 0.15) is 0 Å². The molecule has 1 aliphatic rings. The standard InChI is InChI=1S/C27H24N4/c28-19-21-10-12-22(13-11-21)23-14-16-31(17-15-23)27-25-9-5-4-8-24(25)26(29-30-27)18-20-6-2-1-3-7-20/h1-13,23H,14-18H2. The van der Waals surface area contributed by atoms with E-state index < -0.39 is 0 Å². The van der Waals surface area contributed by atoms with Crippen molar-refractivity contribution in [3.8, 4) is 6.07 Å². The van der Waals surface area contributed by atoms with Crippen molar-refractivity contribution in [2.75, 3.05) is 18.0 Å². The van der Waals surface area contributed by atoms with Crippen LogP contribution in [-0.2, 0) is 6.42 Å². The van der Waals surface area contributed by atoms with Gasteiger partial charge >= 0.3 is 0 Å². The molecule has 3 aromatic carbocycles. The zero-order valence-electron chi connectivity index (χ0n) is 17.4. The van der Waals surface area contributed by atoms with Crippen molar-refractivity contribution < 1.29 is 0 Å². The quantitative estimate of drug-likeness (QED) is 0.452. The van der Waals surface area contributed by atoms with E-state index in [1.54, 1.807) is 0 Å². The van der Waals surface area contributed by atoms with Gasteiger partial charge in [-0.3, -0.25) is 0 Å². The first kappa shape index (κ1) is 19.3. The fraction of sp³-hybridized carbons (Fsp3) is 0.222. The number of hydrogen-bond donors (Lipinski definition) is 0. The van der Waals surface area contributed by atoms with Crippen LogP contribution in [0.25, 0.3) is 10.8 Å². The highest BCUT2D eigenvalue weighted by Crippen LogP contribution is 2.33. The summed E-state index contributed by atoms with van der Waals surface area (Å²) in [5.41, 5.74) is 4.32. The third-order valence-corrected chi connectivity index (χ3v) is 6.26. The summed E-state index contributed by atoms with van der Waals surface area (Å²) >= 11 is 0. The van der Waals surface area contributed by atoms with Crippen molar-refractivity contribution >= 4 is 16.6 Å². The van der Waals surface area contributed by atoms with Gasteiger partial charge in [-0.1, -0.05) is 66.7 Å². The Hall–Kier alpha value is -3.71. The molecular weight excluding hydrogens is 380 g/mol. The van der Waals surface area contributed by atoms with Crippen molar-refractivity contribution in [2.45, 2.75) is 25.2 Å². The molecule has 4 heteroatoms. The number of aromatic nitrogens is 2. The third-order valence-electron chi connectivity index (χ3n) is 6.26. The molecule has 0 atom stereocenters. The molecule has 5 rings (SSSR count). The van der Waals surface area contributed by atoms with E-state index in [0.29, 0.717) is 5.92 Å². The minimum absolute atomic E-state index is 0.528. The highest BCUT2D eigenvalue weighted by Gasteiger charge is 2.23. The maximum atomic E-state index is 9.02. The van der Waals surface area contributed by atoms with Crippen LogP contribution in [0.2, 0.25) is 0 Å². The lowest BCUT2D eigenvalue weighted by Crippen LogP contribution is -2.34. The van der Waals surface area contributed by atoms with Crippen molar-refractivity contribution in [3.63, 3.8) is 0 Å². The summed E-state index contributed by atoms with van der Waals surface area (Å²) in [5.74, 6) is 1.52. The van der Waals surface area contributed by atoms with Crippen LogP contribution in [0.5, 0.6) is 0 Å². The van der Waals surface area contributed by atoms with Crippen LogP contribution in [0.3, 0.4) is 0 Å². The molecule has 4 nitrogen and oxygen atoms in total. The molecule has 0 N–H and O–H groups in total. The van der Waals surface area contributed by atoms with Gasteiger partial charge in [-0.2, -0.15) is 10.4 Å². The van der Waals surface area contributed by atoms with E-state index in [2.05, 4.69) is 81.8 Å². The molecule has 0 unspecified atom stereocenters. The van der Waals surface area contributed by atoms with Gasteiger partial charge in [0.15, 0.2) is 5.82 Å². The predicted molar refractivity (Wildman–Crippen MR) is 124 cm³/mol. The Morgan fingerprint density at radius 3 is 2.19 bits per heavy atom. The molecule has 152 valence electrons. The Morgan fingerprint density at radius 2 is 1.48 bits per heavy atom. The molecule has 1 saturated heterocycles. The fourth-order valence-corrected chi connectivity index (χ4v) is 4.55. The monoisotopic (exact) mass is 404 g/mol. The largest absolute Gasteiger partial charge is 0.355 e. The van der Waals surface area contributed by atoms with E-state index >= 15 is 0 Å². The number of hydrogen-bond acceptors (Lipinski definition) is 4. The molecule has 4 aromatic rings. The average Bonchev–Trinajstić information content (AvgIpc) is 2.85. The Morgan fingerprint density at radius 1 is 0.806 bits per heavy atom. The van der Waals surface area contributed by atoms with E-state index in [1.165, 1.54) is 21.9 Å². The highest BCUT2D eigenvalue weighted by atomic mass is 15.3. The van der Waals surface area contributed by atoms with E-state index in [0.717, 1.165) is 49.4 Å². The van der Waals surface area contributed by atoms with Crippen LogP contribution in [-0.4, -0.2) is 23.3 Å². The van der Waals surface area contributed by atoms with Gasteiger partial charge in [0.25, 0.3) is 0 Å². The molecule has 1 aromatic heterocycles. The second-order valence-electron chi connectivity index (χ2n) is 8.17. The summed E-state index contributed by atoms with van der Waals surface area (Å²) in [5, 5.41) is 20.7. The minimum atomic E-state index is 0.528. The normalized spacial score (nSPS) is 14.5. The lowest BCUT2D eigenvalue weighted by Gasteiger charge is -2.33. The van der Waals surface area contributed by atoms with Gasteiger partial charge in [-0.05, 0) is 42.0 Å². The molecule has 1 fully saturated rings. The summed E-state index contributed by atoms with van der Waals surface area (Å²) in [6, 6.07) is 29.2. The number of nitriles is 1. The average molecular weight is 405 g/mol. The number of nitrogens with zero attached hydrogens (tertiary/aromatic N) is 4. The topological polar surface area (TPSA) is 52.8 Å². The molecule has 0 saturated carbocycles. The van der Waals surface area contributed by atoms with Gasteiger partial charge < -0.3 is 4.90 Å². The Labute approximate surface area is 182 Å². The van der Waals surface area contributed by atoms with Crippen LogP contribution in [0.1, 0.15) is 41.1 Å². The van der Waals surface area contributed by atoms with Gasteiger partial charge in [-0.15, -0.1) is 5.10 Å². The lowest BCUT2D eigenvalue weighted by atomic mass is 9.89. The SMILES string of the molecule is N#Cc1ccc(C2CCN(c3nnc(Cc4ccccc4)c4ccccc34)CC2)cc1. The lowest BCUT2D eigenvalue weighted by molar-refractivity contribution is 0.502. The number of piperidine rings is 1.